The SMILES string of the molecule is O=C(O)C1(c2ccccc2Br)CC1(F)F. The first kappa shape index (κ1) is 10.5. The Bertz CT molecular complexity index is 433. The molecule has 80 valence electrons. The van der Waals surface area contributed by atoms with E-state index >= 15 is 0 Å². The average molecular weight is 277 g/mol. The summed E-state index contributed by atoms with van der Waals surface area (Å²) >= 11 is 3.10. The van der Waals surface area contributed by atoms with Gasteiger partial charge in [0.05, 0.1) is 0 Å². The Kier molecular flexibility index (Phi) is 2.12. The summed E-state index contributed by atoms with van der Waals surface area (Å²) in [6.45, 7) is 0. The summed E-state index contributed by atoms with van der Waals surface area (Å²) in [6.07, 6.45) is -0.627. The van der Waals surface area contributed by atoms with Gasteiger partial charge in [0.15, 0.2) is 5.41 Å². The lowest BCUT2D eigenvalue weighted by atomic mass is 9.95. The largest absolute Gasteiger partial charge is 0.480 e. The van der Waals surface area contributed by atoms with E-state index in [4.69, 9.17) is 5.11 Å². The van der Waals surface area contributed by atoms with Crippen LogP contribution in [0.1, 0.15) is 12.0 Å². The molecule has 1 N–H and O–H groups in total. The van der Waals surface area contributed by atoms with Crippen LogP contribution in [0.5, 0.6) is 0 Å². The van der Waals surface area contributed by atoms with Gasteiger partial charge in [-0.05, 0) is 11.6 Å². The molecule has 0 saturated heterocycles. The van der Waals surface area contributed by atoms with E-state index in [2.05, 4.69) is 15.9 Å². The number of carboxylic acid groups (broad SMARTS) is 1. The first-order valence-electron chi connectivity index (χ1n) is 4.28. The first-order chi connectivity index (χ1) is 6.92. The van der Waals surface area contributed by atoms with E-state index in [1.165, 1.54) is 6.07 Å². The Morgan fingerprint density at radius 3 is 2.33 bits per heavy atom. The van der Waals surface area contributed by atoms with Crippen molar-refractivity contribution in [3.63, 3.8) is 0 Å². The molecule has 0 aliphatic heterocycles. The Balaban J connectivity index is 2.55. The summed E-state index contributed by atoms with van der Waals surface area (Å²) in [7, 11) is 0. The molecule has 15 heavy (non-hydrogen) atoms. The van der Waals surface area contributed by atoms with Gasteiger partial charge >= 0.3 is 5.97 Å². The van der Waals surface area contributed by atoms with Crippen LogP contribution in [-0.2, 0) is 10.2 Å². The molecule has 0 spiro atoms. The van der Waals surface area contributed by atoms with E-state index < -0.39 is 23.7 Å². The third kappa shape index (κ3) is 1.29. The van der Waals surface area contributed by atoms with Crippen molar-refractivity contribution >= 4 is 21.9 Å². The van der Waals surface area contributed by atoms with E-state index in [0.29, 0.717) is 4.47 Å². The summed E-state index contributed by atoms with van der Waals surface area (Å²) < 4.78 is 26.7. The summed E-state index contributed by atoms with van der Waals surface area (Å²) in [4.78, 5) is 11.0. The maximum absolute atomic E-state index is 13.2. The van der Waals surface area contributed by atoms with E-state index in [-0.39, 0.29) is 5.56 Å². The molecule has 0 heterocycles. The Morgan fingerprint density at radius 2 is 1.93 bits per heavy atom. The zero-order valence-corrected chi connectivity index (χ0v) is 9.09. The predicted octanol–water partition coefficient (Wildman–Crippen LogP) is 2.81. The summed E-state index contributed by atoms with van der Waals surface area (Å²) in [5.74, 6) is -4.62. The molecule has 1 atom stereocenters. The summed E-state index contributed by atoms with van der Waals surface area (Å²) in [5, 5.41) is 8.92. The molecule has 1 aromatic carbocycles. The van der Waals surface area contributed by atoms with Gasteiger partial charge in [0.1, 0.15) is 0 Å². The van der Waals surface area contributed by atoms with Crippen LogP contribution in [0, 0.1) is 0 Å². The number of aliphatic carboxylic acids is 1. The number of hydrogen-bond donors (Lipinski definition) is 1. The van der Waals surface area contributed by atoms with E-state index in [1.807, 2.05) is 0 Å². The monoisotopic (exact) mass is 276 g/mol. The van der Waals surface area contributed by atoms with Gasteiger partial charge < -0.3 is 5.11 Å². The van der Waals surface area contributed by atoms with E-state index in [0.717, 1.165) is 0 Å². The number of carboxylic acids is 1. The second-order valence-electron chi connectivity index (χ2n) is 3.57. The molecular formula is C10H7BrF2O2. The highest BCUT2D eigenvalue weighted by Gasteiger charge is 2.77. The molecule has 1 aromatic rings. The minimum absolute atomic E-state index is 0.141. The molecule has 1 aliphatic rings. The summed E-state index contributed by atoms with van der Waals surface area (Å²) in [6, 6.07) is 6.19. The van der Waals surface area contributed by atoms with Crippen LogP contribution in [0.2, 0.25) is 0 Å². The highest BCUT2D eigenvalue weighted by atomic mass is 79.9. The van der Waals surface area contributed by atoms with Gasteiger partial charge in [-0.25, -0.2) is 8.78 Å². The minimum Gasteiger partial charge on any atom is -0.480 e. The zero-order valence-electron chi connectivity index (χ0n) is 7.51. The minimum atomic E-state index is -3.15. The maximum Gasteiger partial charge on any atom is 0.320 e. The van der Waals surface area contributed by atoms with Crippen molar-refractivity contribution in [2.75, 3.05) is 0 Å². The number of benzene rings is 1. The number of rotatable bonds is 2. The fourth-order valence-corrected chi connectivity index (χ4v) is 2.36. The van der Waals surface area contributed by atoms with Crippen molar-refractivity contribution in [2.45, 2.75) is 17.8 Å². The molecule has 2 nitrogen and oxygen atoms in total. The lowest BCUT2D eigenvalue weighted by molar-refractivity contribution is -0.143. The second kappa shape index (κ2) is 3.01. The van der Waals surface area contributed by atoms with Crippen LogP contribution in [0.25, 0.3) is 0 Å². The van der Waals surface area contributed by atoms with Crippen molar-refractivity contribution in [3.8, 4) is 0 Å². The third-order valence-electron chi connectivity index (χ3n) is 2.69. The van der Waals surface area contributed by atoms with Crippen molar-refractivity contribution in [1.29, 1.82) is 0 Å². The molecular weight excluding hydrogens is 270 g/mol. The summed E-state index contributed by atoms with van der Waals surface area (Å²) in [5.41, 5.74) is -1.89. The van der Waals surface area contributed by atoms with Gasteiger partial charge in [0, 0.05) is 10.9 Å². The molecule has 0 bridgehead atoms. The molecule has 1 saturated carbocycles. The second-order valence-corrected chi connectivity index (χ2v) is 4.43. The number of alkyl halides is 2. The van der Waals surface area contributed by atoms with Crippen molar-refractivity contribution in [1.82, 2.24) is 0 Å². The van der Waals surface area contributed by atoms with Gasteiger partial charge in [0.2, 0.25) is 0 Å². The molecule has 0 radical (unpaired) electrons. The lowest BCUT2D eigenvalue weighted by Gasteiger charge is -2.13. The van der Waals surface area contributed by atoms with Crippen LogP contribution in [0.4, 0.5) is 8.78 Å². The van der Waals surface area contributed by atoms with Gasteiger partial charge in [-0.1, -0.05) is 34.1 Å². The predicted molar refractivity (Wildman–Crippen MR) is 53.0 cm³/mol. The fourth-order valence-electron chi connectivity index (χ4n) is 1.74. The van der Waals surface area contributed by atoms with Gasteiger partial charge in [0.25, 0.3) is 5.92 Å². The molecule has 1 aliphatic carbocycles. The van der Waals surface area contributed by atoms with Gasteiger partial charge in [-0.3, -0.25) is 4.79 Å². The van der Waals surface area contributed by atoms with Gasteiger partial charge in [-0.15, -0.1) is 0 Å². The molecule has 2 rings (SSSR count). The highest BCUT2D eigenvalue weighted by molar-refractivity contribution is 9.10. The Labute approximate surface area is 93.0 Å². The Morgan fingerprint density at radius 1 is 1.40 bits per heavy atom. The van der Waals surface area contributed by atoms with Crippen molar-refractivity contribution in [2.24, 2.45) is 0 Å². The first-order valence-corrected chi connectivity index (χ1v) is 5.07. The standard InChI is InChI=1S/C10H7BrF2O2/c11-7-4-2-1-3-6(7)9(8(14)15)5-10(9,12)13/h1-4H,5H2,(H,14,15). The molecule has 1 unspecified atom stereocenters. The van der Waals surface area contributed by atoms with Crippen LogP contribution in [0.3, 0.4) is 0 Å². The Hall–Kier alpha value is -0.970. The number of carbonyl (C=O) groups is 1. The third-order valence-corrected chi connectivity index (χ3v) is 3.38. The topological polar surface area (TPSA) is 37.3 Å². The smallest absolute Gasteiger partial charge is 0.320 e. The maximum atomic E-state index is 13.2. The van der Waals surface area contributed by atoms with Crippen molar-refractivity contribution < 1.29 is 18.7 Å². The number of halogens is 3. The average Bonchev–Trinajstić information content (AvgIpc) is 2.71. The molecule has 1 fully saturated rings. The highest BCUT2D eigenvalue weighted by Crippen LogP contribution is 2.62. The quantitative estimate of drug-likeness (QED) is 0.902. The fraction of sp³-hybridized carbons (Fsp3) is 0.300. The lowest BCUT2D eigenvalue weighted by Crippen LogP contribution is -2.27. The molecule has 0 amide bonds. The number of hydrogen-bond acceptors (Lipinski definition) is 1. The van der Waals surface area contributed by atoms with E-state index in [1.54, 1.807) is 18.2 Å². The van der Waals surface area contributed by atoms with Crippen LogP contribution >= 0.6 is 15.9 Å². The molecule has 5 heteroatoms. The van der Waals surface area contributed by atoms with Crippen LogP contribution in [0.15, 0.2) is 28.7 Å². The molecule has 0 aromatic heterocycles. The zero-order chi connectivity index (χ0) is 11.3. The van der Waals surface area contributed by atoms with Crippen LogP contribution < -0.4 is 0 Å². The van der Waals surface area contributed by atoms with Crippen molar-refractivity contribution in [3.05, 3.63) is 34.3 Å². The normalized spacial score (nSPS) is 27.4. The van der Waals surface area contributed by atoms with Crippen LogP contribution in [-0.4, -0.2) is 17.0 Å². The van der Waals surface area contributed by atoms with Gasteiger partial charge in [-0.2, -0.15) is 0 Å². The van der Waals surface area contributed by atoms with E-state index in [9.17, 15) is 13.6 Å².